The van der Waals surface area contributed by atoms with E-state index in [4.69, 9.17) is 9.18 Å². The molecule has 4 nitrogen and oxygen atoms in total. The zero-order chi connectivity index (χ0) is 28.3. The van der Waals surface area contributed by atoms with Crippen LogP contribution in [0.15, 0.2) is 102 Å². The van der Waals surface area contributed by atoms with Crippen LogP contribution in [0.5, 0.6) is 5.75 Å². The SMILES string of the molecule is C[C@H](N=C(c1ccccc1)c1c2ccc(c1OS(=O)(=O)C(F)(F)F)CCc1ccc(cc1)CC2)c1ccccc1. The van der Waals surface area contributed by atoms with Crippen molar-refractivity contribution in [2.24, 2.45) is 4.99 Å². The Kier molecular flexibility index (Phi) is 7.81. The second-order valence-electron chi connectivity index (χ2n) is 9.82. The molecule has 4 aromatic carbocycles. The van der Waals surface area contributed by atoms with Crippen molar-refractivity contribution < 1.29 is 25.8 Å². The maximum atomic E-state index is 13.7. The third kappa shape index (κ3) is 5.97. The second kappa shape index (κ2) is 11.3. The van der Waals surface area contributed by atoms with Gasteiger partial charge in [-0.2, -0.15) is 21.6 Å². The molecule has 8 rings (SSSR count). The van der Waals surface area contributed by atoms with E-state index in [9.17, 15) is 21.6 Å². The molecule has 0 fully saturated rings. The summed E-state index contributed by atoms with van der Waals surface area (Å²) >= 11 is 0. The van der Waals surface area contributed by atoms with E-state index in [1.807, 2.05) is 85.8 Å². The van der Waals surface area contributed by atoms with Crippen LogP contribution in [0.4, 0.5) is 13.2 Å². The standard InChI is InChI=1S/C32H28F3NO3S/c1-22(25-8-4-2-5-9-25)36-30(27-10-6-3-7-11-27)29-26-18-16-23-12-14-24(15-13-23)17-19-28(21-20-26)31(29)39-40(37,38)32(33,34)35/h2-15,20-22H,16-19H2,1H3/t22-/m0/s1. The minimum Gasteiger partial charge on any atom is -0.375 e. The summed E-state index contributed by atoms with van der Waals surface area (Å²) in [6.45, 7) is 1.90. The summed E-state index contributed by atoms with van der Waals surface area (Å²) in [5.74, 6) is -0.312. The molecule has 0 aliphatic heterocycles. The van der Waals surface area contributed by atoms with E-state index >= 15 is 0 Å². The Morgan fingerprint density at radius 1 is 0.750 bits per heavy atom. The Labute approximate surface area is 232 Å². The summed E-state index contributed by atoms with van der Waals surface area (Å²) in [4.78, 5) is 5.01. The Hall–Kier alpha value is -3.91. The molecule has 206 valence electrons. The molecule has 0 amide bonds. The van der Waals surface area contributed by atoms with E-state index < -0.39 is 15.6 Å². The Morgan fingerprint density at radius 3 is 1.85 bits per heavy atom. The van der Waals surface area contributed by atoms with Gasteiger partial charge in [0.1, 0.15) is 0 Å². The molecule has 4 aliphatic rings. The second-order valence-corrected chi connectivity index (χ2v) is 11.4. The minimum absolute atomic E-state index is 0.273. The number of benzene rings is 4. The molecule has 1 atom stereocenters. The van der Waals surface area contributed by atoms with Crippen LogP contribution in [0.2, 0.25) is 0 Å². The van der Waals surface area contributed by atoms with Gasteiger partial charge in [-0.1, -0.05) is 97.1 Å². The van der Waals surface area contributed by atoms with Gasteiger partial charge in [-0.15, -0.1) is 0 Å². The van der Waals surface area contributed by atoms with E-state index in [1.54, 1.807) is 6.07 Å². The number of aryl methyl sites for hydroxylation is 4. The topological polar surface area (TPSA) is 55.7 Å². The van der Waals surface area contributed by atoms with Crippen molar-refractivity contribution in [3.05, 3.63) is 136 Å². The minimum atomic E-state index is -5.95. The number of nitrogens with zero attached hydrogens (tertiary/aromatic N) is 1. The first-order valence-electron chi connectivity index (χ1n) is 13.0. The zero-order valence-corrected chi connectivity index (χ0v) is 22.7. The van der Waals surface area contributed by atoms with Crippen LogP contribution in [0.1, 0.15) is 51.9 Å². The lowest BCUT2D eigenvalue weighted by molar-refractivity contribution is -0.0500. The first kappa shape index (κ1) is 27.6. The monoisotopic (exact) mass is 563 g/mol. The molecule has 0 saturated heterocycles. The number of hydrogen-bond donors (Lipinski definition) is 0. The van der Waals surface area contributed by atoms with Crippen molar-refractivity contribution in [2.45, 2.75) is 44.2 Å². The molecule has 4 bridgehead atoms. The van der Waals surface area contributed by atoms with Crippen LogP contribution in [-0.4, -0.2) is 19.6 Å². The van der Waals surface area contributed by atoms with Gasteiger partial charge < -0.3 is 4.18 Å². The van der Waals surface area contributed by atoms with E-state index in [1.165, 1.54) is 0 Å². The average molecular weight is 564 g/mol. The maximum absolute atomic E-state index is 13.7. The van der Waals surface area contributed by atoms with Gasteiger partial charge in [-0.3, -0.25) is 4.99 Å². The van der Waals surface area contributed by atoms with Crippen LogP contribution >= 0.6 is 0 Å². The normalized spacial score (nSPS) is 14.8. The van der Waals surface area contributed by atoms with E-state index in [0.717, 1.165) is 16.7 Å². The molecular weight excluding hydrogens is 535 g/mol. The third-order valence-electron chi connectivity index (χ3n) is 7.08. The van der Waals surface area contributed by atoms with Crippen LogP contribution in [0.25, 0.3) is 0 Å². The van der Waals surface area contributed by atoms with Gasteiger partial charge in [-0.25, -0.2) is 0 Å². The summed E-state index contributed by atoms with van der Waals surface area (Å²) in [5.41, 5.74) is -0.284. The van der Waals surface area contributed by atoms with Gasteiger partial charge in [0, 0.05) is 11.1 Å². The number of hydrogen-bond acceptors (Lipinski definition) is 4. The molecule has 4 aromatic rings. The van der Waals surface area contributed by atoms with Crippen molar-refractivity contribution in [1.82, 2.24) is 0 Å². The summed E-state index contributed by atoms with van der Waals surface area (Å²) < 4.78 is 70.9. The predicted molar refractivity (Wildman–Crippen MR) is 150 cm³/mol. The molecule has 0 spiro atoms. The first-order chi connectivity index (χ1) is 19.1. The summed E-state index contributed by atoms with van der Waals surface area (Å²) in [7, 11) is -5.95. The molecule has 40 heavy (non-hydrogen) atoms. The predicted octanol–water partition coefficient (Wildman–Crippen LogP) is 7.40. The fourth-order valence-corrected chi connectivity index (χ4v) is 5.40. The lowest BCUT2D eigenvalue weighted by Crippen LogP contribution is -2.29. The highest BCUT2D eigenvalue weighted by molar-refractivity contribution is 7.88. The molecular formula is C32H28F3NO3S. The van der Waals surface area contributed by atoms with Crippen molar-refractivity contribution in [3.8, 4) is 5.75 Å². The summed E-state index contributed by atoms with van der Waals surface area (Å²) in [6, 6.07) is 29.9. The fourth-order valence-electron chi connectivity index (χ4n) is 4.89. The quantitative estimate of drug-likeness (QED) is 0.140. The molecule has 0 heterocycles. The number of aliphatic imine (C=N–C) groups is 1. The first-order valence-corrected chi connectivity index (χ1v) is 14.4. The van der Waals surface area contributed by atoms with Crippen molar-refractivity contribution >= 4 is 15.8 Å². The average Bonchev–Trinajstić information content (AvgIpc) is 2.94. The van der Waals surface area contributed by atoms with Crippen molar-refractivity contribution in [2.75, 3.05) is 0 Å². The maximum Gasteiger partial charge on any atom is 0.534 e. The molecule has 0 saturated carbocycles. The summed E-state index contributed by atoms with van der Waals surface area (Å²) in [6.07, 6.45) is 1.84. The molecule has 8 heteroatoms. The van der Waals surface area contributed by atoms with E-state index in [2.05, 4.69) is 12.1 Å². The summed E-state index contributed by atoms with van der Waals surface area (Å²) in [5, 5.41) is 0. The highest BCUT2D eigenvalue weighted by atomic mass is 32.2. The van der Waals surface area contributed by atoms with Crippen LogP contribution < -0.4 is 4.18 Å². The molecule has 0 radical (unpaired) electrons. The number of rotatable bonds is 6. The molecule has 0 unspecified atom stereocenters. The Morgan fingerprint density at radius 2 is 1.27 bits per heavy atom. The zero-order valence-electron chi connectivity index (χ0n) is 21.9. The number of halogens is 3. The smallest absolute Gasteiger partial charge is 0.375 e. The van der Waals surface area contributed by atoms with Crippen LogP contribution in [0.3, 0.4) is 0 Å². The Balaban J connectivity index is 1.78. The highest BCUT2D eigenvalue weighted by Gasteiger charge is 2.49. The molecule has 0 N–H and O–H groups in total. The Bertz CT molecular complexity index is 1620. The van der Waals surface area contributed by atoms with Gasteiger partial charge in [-0.05, 0) is 60.4 Å². The fraction of sp³-hybridized carbons (Fsp3) is 0.219. The van der Waals surface area contributed by atoms with Crippen molar-refractivity contribution in [1.29, 1.82) is 0 Å². The van der Waals surface area contributed by atoms with Crippen LogP contribution in [-0.2, 0) is 35.8 Å². The van der Waals surface area contributed by atoms with Gasteiger partial charge in [0.05, 0.1) is 11.8 Å². The molecule has 4 aliphatic carbocycles. The van der Waals surface area contributed by atoms with Gasteiger partial charge >= 0.3 is 15.6 Å². The highest BCUT2D eigenvalue weighted by Crippen LogP contribution is 2.37. The third-order valence-corrected chi connectivity index (χ3v) is 8.03. The number of alkyl halides is 3. The van der Waals surface area contributed by atoms with E-state index in [-0.39, 0.29) is 23.8 Å². The van der Waals surface area contributed by atoms with E-state index in [0.29, 0.717) is 41.7 Å². The largest absolute Gasteiger partial charge is 0.534 e. The van der Waals surface area contributed by atoms with Gasteiger partial charge in [0.25, 0.3) is 0 Å². The lowest BCUT2D eigenvalue weighted by Gasteiger charge is -2.23. The molecule has 0 aromatic heterocycles. The van der Waals surface area contributed by atoms with Gasteiger partial charge in [0.2, 0.25) is 0 Å². The van der Waals surface area contributed by atoms with Crippen LogP contribution in [0, 0.1) is 0 Å². The van der Waals surface area contributed by atoms with Crippen molar-refractivity contribution in [3.63, 3.8) is 0 Å². The van der Waals surface area contributed by atoms with Gasteiger partial charge in [0.15, 0.2) is 5.75 Å². The lowest BCUT2D eigenvalue weighted by atomic mass is 9.88.